The highest BCUT2D eigenvalue weighted by Crippen LogP contribution is 2.34. The number of aromatic nitrogens is 3. The molecule has 1 aromatic carbocycles. The monoisotopic (exact) mass is 447 g/mol. The summed E-state index contributed by atoms with van der Waals surface area (Å²) in [6.45, 7) is 4.02. The number of carboxylic acid groups (broad SMARTS) is 1. The first-order valence-electron chi connectivity index (χ1n) is 11.7. The van der Waals surface area contributed by atoms with Gasteiger partial charge in [-0.1, -0.05) is 31.4 Å². The lowest BCUT2D eigenvalue weighted by Crippen LogP contribution is -2.42. The van der Waals surface area contributed by atoms with Crippen LogP contribution in [0.1, 0.15) is 60.9 Å². The topological polar surface area (TPSA) is 100 Å². The summed E-state index contributed by atoms with van der Waals surface area (Å²) in [7, 11) is 0. The predicted octanol–water partition coefficient (Wildman–Crippen LogP) is 4.74. The van der Waals surface area contributed by atoms with Crippen LogP contribution >= 0.6 is 0 Å². The van der Waals surface area contributed by atoms with Crippen molar-refractivity contribution < 1.29 is 14.6 Å². The summed E-state index contributed by atoms with van der Waals surface area (Å²) < 4.78 is 5.65. The van der Waals surface area contributed by atoms with Crippen LogP contribution in [0.5, 0.6) is 0 Å². The molecule has 3 aromatic rings. The maximum Gasteiger partial charge on any atom is 0.337 e. The van der Waals surface area contributed by atoms with Gasteiger partial charge in [-0.2, -0.15) is 9.97 Å². The van der Waals surface area contributed by atoms with Gasteiger partial charge in [0.1, 0.15) is 5.82 Å². The van der Waals surface area contributed by atoms with E-state index >= 15 is 0 Å². The van der Waals surface area contributed by atoms with Gasteiger partial charge in [-0.15, -0.1) is 0 Å². The van der Waals surface area contributed by atoms with Crippen LogP contribution in [0.25, 0.3) is 11.0 Å². The molecule has 1 aliphatic carbocycles. The van der Waals surface area contributed by atoms with Gasteiger partial charge in [-0.25, -0.2) is 9.78 Å². The Kier molecular flexibility index (Phi) is 6.09. The summed E-state index contributed by atoms with van der Waals surface area (Å²) in [5.41, 5.74) is 2.85. The summed E-state index contributed by atoms with van der Waals surface area (Å²) >= 11 is 0. The minimum atomic E-state index is -1.03. The fourth-order valence-electron chi connectivity index (χ4n) is 4.77. The molecule has 1 saturated carbocycles. The van der Waals surface area contributed by atoms with E-state index in [9.17, 15) is 9.90 Å². The van der Waals surface area contributed by atoms with Crippen LogP contribution in [0.15, 0.2) is 36.5 Å². The molecule has 0 unspecified atom stereocenters. The lowest BCUT2D eigenvalue weighted by atomic mass is 9.84. The highest BCUT2D eigenvalue weighted by molar-refractivity contribution is 5.96. The molecule has 3 heterocycles. The van der Waals surface area contributed by atoms with Crippen molar-refractivity contribution in [3.05, 3.63) is 47.7 Å². The molecule has 0 amide bonds. The van der Waals surface area contributed by atoms with Gasteiger partial charge in [0.05, 0.1) is 23.7 Å². The molecule has 0 bridgehead atoms. The molecule has 2 fully saturated rings. The SMILES string of the molecule is C[C@@H]1CN(c2nc(Nc3ccc(C4CCCCC4)cc3)c3cc(C(=O)O)cnc3n2)CCO1. The van der Waals surface area contributed by atoms with E-state index in [1.807, 2.05) is 6.92 Å². The maximum absolute atomic E-state index is 11.5. The van der Waals surface area contributed by atoms with Gasteiger partial charge in [-0.3, -0.25) is 0 Å². The number of nitrogens with one attached hydrogen (secondary N) is 1. The third-order valence-corrected chi connectivity index (χ3v) is 6.56. The van der Waals surface area contributed by atoms with Gasteiger partial charge >= 0.3 is 5.97 Å². The second kappa shape index (κ2) is 9.31. The highest BCUT2D eigenvalue weighted by Gasteiger charge is 2.22. The van der Waals surface area contributed by atoms with Gasteiger partial charge in [0.25, 0.3) is 0 Å². The molecule has 0 spiro atoms. The molecule has 0 radical (unpaired) electrons. The van der Waals surface area contributed by atoms with Crippen LogP contribution in [-0.2, 0) is 4.74 Å². The molecular formula is C25H29N5O3. The van der Waals surface area contributed by atoms with Crippen LogP contribution in [0, 0.1) is 0 Å². The molecule has 2 N–H and O–H groups in total. The summed E-state index contributed by atoms with van der Waals surface area (Å²) in [6.07, 6.45) is 7.89. The average Bonchev–Trinajstić information content (AvgIpc) is 2.84. The standard InChI is InChI=1S/C25H29N5O3/c1-16-15-30(11-12-33-16)25-28-22-21(13-19(14-26-22)24(31)32)23(29-25)27-20-9-7-18(8-10-20)17-5-3-2-4-6-17/h7-10,13-14,16-17H,2-6,11-12,15H2,1H3,(H,31,32)(H,26,27,28,29)/t16-/m1/s1. The van der Waals surface area contributed by atoms with Gasteiger partial charge < -0.3 is 20.1 Å². The van der Waals surface area contributed by atoms with E-state index in [1.165, 1.54) is 43.9 Å². The van der Waals surface area contributed by atoms with E-state index in [1.54, 1.807) is 6.07 Å². The number of morpholine rings is 1. The lowest BCUT2D eigenvalue weighted by molar-refractivity contribution is 0.0526. The average molecular weight is 448 g/mol. The molecule has 2 aliphatic rings. The zero-order chi connectivity index (χ0) is 22.8. The summed E-state index contributed by atoms with van der Waals surface area (Å²) in [4.78, 5) is 27.3. The summed E-state index contributed by atoms with van der Waals surface area (Å²) in [6, 6.07) is 10.1. The van der Waals surface area contributed by atoms with Crippen LogP contribution in [0.3, 0.4) is 0 Å². The number of ether oxygens (including phenoxy) is 1. The number of hydrogen-bond donors (Lipinski definition) is 2. The fourth-order valence-corrected chi connectivity index (χ4v) is 4.77. The zero-order valence-corrected chi connectivity index (χ0v) is 18.8. The number of rotatable bonds is 5. The van der Waals surface area contributed by atoms with E-state index in [2.05, 4.69) is 44.5 Å². The van der Waals surface area contributed by atoms with Gasteiger partial charge in [0.2, 0.25) is 5.95 Å². The van der Waals surface area contributed by atoms with Crippen molar-refractivity contribution in [1.82, 2.24) is 15.0 Å². The number of pyridine rings is 1. The van der Waals surface area contributed by atoms with Crippen molar-refractivity contribution >= 4 is 34.5 Å². The number of benzene rings is 1. The Morgan fingerprint density at radius 3 is 2.67 bits per heavy atom. The Morgan fingerprint density at radius 2 is 1.94 bits per heavy atom. The van der Waals surface area contributed by atoms with Crippen molar-refractivity contribution in [2.75, 3.05) is 29.9 Å². The zero-order valence-electron chi connectivity index (χ0n) is 18.8. The quantitative estimate of drug-likeness (QED) is 0.578. The summed E-state index contributed by atoms with van der Waals surface area (Å²) in [5, 5.41) is 13.4. The molecule has 8 nitrogen and oxygen atoms in total. The van der Waals surface area contributed by atoms with E-state index in [4.69, 9.17) is 9.72 Å². The molecule has 5 rings (SSSR count). The molecule has 8 heteroatoms. The third-order valence-electron chi connectivity index (χ3n) is 6.56. The third kappa shape index (κ3) is 4.75. The van der Waals surface area contributed by atoms with Gasteiger partial charge in [-0.05, 0) is 49.4 Å². The molecule has 33 heavy (non-hydrogen) atoms. The van der Waals surface area contributed by atoms with E-state index in [0.29, 0.717) is 48.4 Å². The number of anilines is 3. The van der Waals surface area contributed by atoms with Gasteiger partial charge in [0, 0.05) is 25.0 Å². The lowest BCUT2D eigenvalue weighted by Gasteiger charge is -2.31. The Bertz CT molecular complexity index is 1140. The minimum Gasteiger partial charge on any atom is -0.478 e. The fraction of sp³-hybridized carbons (Fsp3) is 0.440. The summed E-state index contributed by atoms with van der Waals surface area (Å²) in [5.74, 6) is 0.730. The Hall–Kier alpha value is -3.26. The van der Waals surface area contributed by atoms with Crippen molar-refractivity contribution in [1.29, 1.82) is 0 Å². The molecule has 1 aliphatic heterocycles. The second-order valence-corrected chi connectivity index (χ2v) is 8.98. The van der Waals surface area contributed by atoms with Crippen LogP contribution in [0.4, 0.5) is 17.5 Å². The largest absolute Gasteiger partial charge is 0.478 e. The molecule has 1 atom stereocenters. The van der Waals surface area contributed by atoms with Crippen molar-refractivity contribution in [3.63, 3.8) is 0 Å². The van der Waals surface area contributed by atoms with Crippen LogP contribution in [0.2, 0.25) is 0 Å². The Labute approximate surface area is 193 Å². The number of carboxylic acids is 1. The predicted molar refractivity (Wildman–Crippen MR) is 127 cm³/mol. The second-order valence-electron chi connectivity index (χ2n) is 8.98. The molecule has 2 aromatic heterocycles. The van der Waals surface area contributed by atoms with Crippen molar-refractivity contribution in [2.45, 2.75) is 51.0 Å². The van der Waals surface area contributed by atoms with Crippen molar-refractivity contribution in [2.24, 2.45) is 0 Å². The molecule has 1 saturated heterocycles. The Morgan fingerprint density at radius 1 is 1.15 bits per heavy atom. The smallest absolute Gasteiger partial charge is 0.337 e. The molecule has 172 valence electrons. The van der Waals surface area contributed by atoms with Crippen LogP contribution in [-0.4, -0.2) is 51.8 Å². The normalized spacial score (nSPS) is 19.5. The highest BCUT2D eigenvalue weighted by atomic mass is 16.5. The molecular weight excluding hydrogens is 418 g/mol. The van der Waals surface area contributed by atoms with E-state index in [0.717, 1.165) is 5.69 Å². The van der Waals surface area contributed by atoms with Gasteiger partial charge in [0.15, 0.2) is 5.65 Å². The maximum atomic E-state index is 11.5. The Balaban J connectivity index is 1.49. The number of aromatic carboxylic acids is 1. The number of fused-ring (bicyclic) bond motifs is 1. The van der Waals surface area contributed by atoms with Crippen molar-refractivity contribution in [3.8, 4) is 0 Å². The van der Waals surface area contributed by atoms with Crippen LogP contribution < -0.4 is 10.2 Å². The first kappa shape index (κ1) is 21.6. The number of carbonyl (C=O) groups is 1. The van der Waals surface area contributed by atoms with E-state index in [-0.39, 0.29) is 11.7 Å². The number of hydrogen-bond acceptors (Lipinski definition) is 7. The number of nitrogens with zero attached hydrogens (tertiary/aromatic N) is 4. The van der Waals surface area contributed by atoms with E-state index < -0.39 is 5.97 Å². The first-order valence-corrected chi connectivity index (χ1v) is 11.7. The first-order chi connectivity index (χ1) is 16.1. The minimum absolute atomic E-state index is 0.0872.